The molecule has 4 N–H and O–H groups in total. The summed E-state index contributed by atoms with van der Waals surface area (Å²) in [5.41, 5.74) is -0.668. The number of ether oxygens (including phenoxy) is 3. The first-order valence-electron chi connectivity index (χ1n) is 12.3. The zero-order valence-electron chi connectivity index (χ0n) is 21.6. The zero-order chi connectivity index (χ0) is 30.4. The molecule has 1 fully saturated rings. The lowest BCUT2D eigenvalue weighted by molar-refractivity contribution is -0.384. The third kappa shape index (κ3) is 6.92. The minimum absolute atomic E-state index is 0.125. The van der Waals surface area contributed by atoms with Crippen LogP contribution in [0, 0.1) is 10.1 Å². The van der Waals surface area contributed by atoms with Crippen molar-refractivity contribution in [3.8, 4) is 5.75 Å². The number of carbonyl (C=O) groups excluding carboxylic acids is 2. The Labute approximate surface area is 235 Å². The van der Waals surface area contributed by atoms with Crippen LogP contribution < -0.4 is 16.0 Å². The summed E-state index contributed by atoms with van der Waals surface area (Å²) in [4.78, 5) is 59.8. The first kappa shape index (κ1) is 29.8. The second-order valence-corrected chi connectivity index (χ2v) is 9.00. The molecule has 4 atom stereocenters. The van der Waals surface area contributed by atoms with Gasteiger partial charge in [0.2, 0.25) is 0 Å². The number of aromatic nitrogens is 2. The molecule has 1 unspecified atom stereocenters. The van der Waals surface area contributed by atoms with Crippen LogP contribution in [0.1, 0.15) is 30.2 Å². The summed E-state index contributed by atoms with van der Waals surface area (Å²) in [5, 5.41) is 44.0. The molecular weight excluding hydrogens is 560 g/mol. The van der Waals surface area contributed by atoms with E-state index < -0.39 is 59.3 Å². The molecule has 42 heavy (non-hydrogen) atoms. The molecule has 2 aromatic carbocycles. The molecule has 0 aliphatic carbocycles. The largest absolute Gasteiger partial charge is 0.463 e. The molecule has 1 aromatic heterocycles. The summed E-state index contributed by atoms with van der Waals surface area (Å²) in [5.74, 6) is -1.43. The van der Waals surface area contributed by atoms with E-state index in [4.69, 9.17) is 14.2 Å². The van der Waals surface area contributed by atoms with Crippen molar-refractivity contribution in [1.29, 1.82) is 0 Å². The molecule has 0 bridgehead atoms. The smallest absolute Gasteiger partial charge is 0.330 e. The maximum atomic E-state index is 12.2. The van der Waals surface area contributed by atoms with Gasteiger partial charge in [0.25, 0.3) is 11.2 Å². The number of carbonyl (C=O) groups is 2. The van der Waals surface area contributed by atoms with E-state index in [1.165, 1.54) is 48.5 Å². The molecule has 0 amide bonds. The van der Waals surface area contributed by atoms with Gasteiger partial charge in [-0.05, 0) is 36.4 Å². The van der Waals surface area contributed by atoms with Crippen molar-refractivity contribution in [3.63, 3.8) is 0 Å². The summed E-state index contributed by atoms with van der Waals surface area (Å²) in [7, 11) is 0. The fraction of sp³-hybridized carbons (Fsp3) is 0.269. The molecule has 1 aliphatic rings. The minimum Gasteiger partial charge on any atom is -0.463 e. The quantitative estimate of drug-likeness (QED) is 0.0626. The average molecular weight is 584 g/mol. The summed E-state index contributed by atoms with van der Waals surface area (Å²) >= 11 is 0. The number of nitrogens with zero attached hydrogens (tertiary/aromatic N) is 3. The fourth-order valence-corrected chi connectivity index (χ4v) is 4.06. The number of non-ortho nitro benzene ring substituents is 1. The number of hydrogen-bond acceptors (Lipinski definition) is 13. The summed E-state index contributed by atoms with van der Waals surface area (Å²) in [6.45, 7) is -0.480. The Bertz CT molecular complexity index is 1600. The Kier molecular flexibility index (Phi) is 9.21. The van der Waals surface area contributed by atoms with E-state index in [0.717, 1.165) is 16.8 Å². The lowest BCUT2D eigenvalue weighted by Crippen LogP contribution is -2.37. The maximum Gasteiger partial charge on any atom is 0.330 e. The van der Waals surface area contributed by atoms with Crippen LogP contribution in [0.5, 0.6) is 5.75 Å². The van der Waals surface area contributed by atoms with Crippen molar-refractivity contribution in [3.05, 3.63) is 103 Å². The molecule has 3 aromatic rings. The van der Waals surface area contributed by atoms with Gasteiger partial charge in [0.05, 0.1) is 17.8 Å². The van der Waals surface area contributed by atoms with Gasteiger partial charge < -0.3 is 29.6 Å². The lowest BCUT2D eigenvalue weighted by Gasteiger charge is -2.16. The van der Waals surface area contributed by atoms with Gasteiger partial charge in [-0.15, -0.1) is 0 Å². The molecule has 220 valence electrons. The van der Waals surface area contributed by atoms with Crippen molar-refractivity contribution in [2.24, 2.45) is 5.16 Å². The van der Waals surface area contributed by atoms with Crippen molar-refractivity contribution in [1.82, 2.24) is 9.55 Å². The van der Waals surface area contributed by atoms with Crippen molar-refractivity contribution >= 4 is 23.3 Å². The second kappa shape index (κ2) is 13.0. The van der Waals surface area contributed by atoms with Crippen LogP contribution in [0.15, 0.2) is 75.5 Å². The lowest BCUT2D eigenvalue weighted by atomic mass is 10.0. The van der Waals surface area contributed by atoms with Gasteiger partial charge in [-0.2, -0.15) is 0 Å². The molecule has 1 saturated heterocycles. The van der Waals surface area contributed by atoms with Gasteiger partial charge in [0.1, 0.15) is 36.4 Å². The highest BCUT2D eigenvalue weighted by molar-refractivity contribution is 6.12. The van der Waals surface area contributed by atoms with Gasteiger partial charge in [0.15, 0.2) is 6.23 Å². The van der Waals surface area contributed by atoms with Crippen LogP contribution in [-0.4, -0.2) is 72.5 Å². The number of oxime groups is 1. The maximum absolute atomic E-state index is 12.2. The van der Waals surface area contributed by atoms with Gasteiger partial charge >= 0.3 is 17.6 Å². The van der Waals surface area contributed by atoms with Crippen molar-refractivity contribution in [2.45, 2.75) is 37.4 Å². The molecule has 0 radical (unpaired) electrons. The third-order valence-electron chi connectivity index (χ3n) is 6.22. The molecule has 1 aliphatic heterocycles. The number of aromatic amines is 1. The Hall–Kier alpha value is -5.19. The molecule has 0 saturated carbocycles. The minimum atomic E-state index is -1.55. The number of rotatable bonds is 10. The molecule has 4 rings (SSSR count). The number of esters is 2. The number of nitrogens with one attached hydrogen (secondary N) is 1. The molecule has 16 nitrogen and oxygen atoms in total. The number of nitro groups is 1. The number of aliphatic hydroxyl groups excluding tert-OH is 2. The normalized spacial score (nSPS) is 20.2. The molecule has 0 spiro atoms. The Morgan fingerprint density at radius 3 is 2.19 bits per heavy atom. The van der Waals surface area contributed by atoms with E-state index in [9.17, 15) is 44.7 Å². The summed E-state index contributed by atoms with van der Waals surface area (Å²) in [6, 6.07) is 12.3. The zero-order valence-corrected chi connectivity index (χ0v) is 21.6. The van der Waals surface area contributed by atoms with E-state index in [1.54, 1.807) is 0 Å². The van der Waals surface area contributed by atoms with Crippen LogP contribution in [0.3, 0.4) is 0 Å². The summed E-state index contributed by atoms with van der Waals surface area (Å²) < 4.78 is 16.6. The number of H-pyrrole nitrogens is 1. The number of hydrogen-bond donors (Lipinski definition) is 4. The Balaban J connectivity index is 1.24. The van der Waals surface area contributed by atoms with E-state index in [1.807, 2.05) is 4.98 Å². The number of benzene rings is 2. The van der Waals surface area contributed by atoms with Crippen LogP contribution >= 0.6 is 0 Å². The van der Waals surface area contributed by atoms with Crippen molar-refractivity contribution < 1.29 is 44.1 Å². The second-order valence-electron chi connectivity index (χ2n) is 9.00. The van der Waals surface area contributed by atoms with Crippen LogP contribution in [-0.2, 0) is 19.1 Å². The van der Waals surface area contributed by atoms with Gasteiger partial charge in [0, 0.05) is 35.5 Å². The Morgan fingerprint density at radius 1 is 0.976 bits per heavy atom. The number of aliphatic hydroxyl groups is 2. The highest BCUT2D eigenvalue weighted by Gasteiger charge is 2.44. The van der Waals surface area contributed by atoms with Gasteiger partial charge in [-0.3, -0.25) is 34.0 Å². The highest BCUT2D eigenvalue weighted by atomic mass is 16.6. The molecule has 16 heteroatoms. The summed E-state index contributed by atoms with van der Waals surface area (Å²) in [6.07, 6.45) is -5.20. The molecule has 2 heterocycles. The van der Waals surface area contributed by atoms with Crippen LogP contribution in [0.25, 0.3) is 0 Å². The van der Waals surface area contributed by atoms with Crippen molar-refractivity contribution in [2.75, 3.05) is 6.61 Å². The monoisotopic (exact) mass is 584 g/mol. The van der Waals surface area contributed by atoms with Gasteiger partial charge in [-0.25, -0.2) is 4.79 Å². The predicted molar refractivity (Wildman–Crippen MR) is 140 cm³/mol. The van der Waals surface area contributed by atoms with Crippen LogP contribution in [0.4, 0.5) is 5.69 Å². The van der Waals surface area contributed by atoms with E-state index in [2.05, 4.69) is 5.16 Å². The standard InChI is InChI=1S/C26H24N4O12/c31-19-11-12-29(26(36)27-19)25-24(35)23(34)18(42-25)13-40-20(32)9-10-21(33)41-17-7-3-15(4-8-17)22(28-37)14-1-5-16(6-2-14)30(38)39/h1-8,11-12,18,23-25,34-35,37H,9-10,13H2,(H,27,31,36)/b28-22+/t18-,23-,24-,25?/m1/s1. The third-order valence-corrected chi connectivity index (χ3v) is 6.22. The fourth-order valence-electron chi connectivity index (χ4n) is 4.06. The average Bonchev–Trinajstić information content (AvgIpc) is 3.25. The molecular formula is C26H24N4O12. The van der Waals surface area contributed by atoms with E-state index in [0.29, 0.717) is 11.1 Å². The first-order chi connectivity index (χ1) is 20.1. The first-order valence-corrected chi connectivity index (χ1v) is 12.3. The van der Waals surface area contributed by atoms with Crippen LogP contribution in [0.2, 0.25) is 0 Å². The van der Waals surface area contributed by atoms with E-state index >= 15 is 0 Å². The highest BCUT2D eigenvalue weighted by Crippen LogP contribution is 2.28. The van der Waals surface area contributed by atoms with E-state index in [-0.39, 0.29) is 30.0 Å². The van der Waals surface area contributed by atoms with Gasteiger partial charge in [-0.1, -0.05) is 5.16 Å². The topological polar surface area (TPSA) is 233 Å². The number of nitro benzene ring substituents is 1. The SMILES string of the molecule is O=C(CCC(=O)Oc1ccc(/C(=N/O)c2ccc([N+](=O)[O-])cc2)cc1)OC[C@H]1OC(n2ccc(=O)[nH]c2=O)[C@H](O)[C@@H]1O. The Morgan fingerprint density at radius 2 is 1.60 bits per heavy atom. The predicted octanol–water partition coefficient (Wildman–Crippen LogP) is 0.220.